The van der Waals surface area contributed by atoms with Crippen molar-refractivity contribution >= 4 is 29.1 Å². The number of hydrogen-bond donors (Lipinski definition) is 0. The van der Waals surface area contributed by atoms with Crippen molar-refractivity contribution in [2.24, 2.45) is 11.8 Å². The summed E-state index contributed by atoms with van der Waals surface area (Å²) >= 11 is 6.08. The molecule has 1 aromatic carbocycles. The summed E-state index contributed by atoms with van der Waals surface area (Å²) in [4.78, 5) is 32.9. The Morgan fingerprint density at radius 3 is 2.62 bits per heavy atom. The van der Waals surface area contributed by atoms with E-state index in [1.54, 1.807) is 35.4 Å². The lowest BCUT2D eigenvalue weighted by Gasteiger charge is -2.37. The average molecular weight is 409 g/mol. The number of ketones is 1. The number of halogens is 1. The molecule has 1 saturated carbocycles. The third-order valence-corrected chi connectivity index (χ3v) is 6.44. The summed E-state index contributed by atoms with van der Waals surface area (Å²) in [6.07, 6.45) is 4.04. The van der Waals surface area contributed by atoms with Crippen LogP contribution in [-0.2, 0) is 14.3 Å². The van der Waals surface area contributed by atoms with Gasteiger partial charge in [-0.25, -0.2) is 4.98 Å². The molecule has 0 bridgehead atoms. The van der Waals surface area contributed by atoms with E-state index < -0.39 is 6.04 Å². The van der Waals surface area contributed by atoms with Crippen LogP contribution >= 0.6 is 11.6 Å². The molecule has 4 atom stereocenters. The van der Waals surface area contributed by atoms with Gasteiger partial charge in [0, 0.05) is 11.2 Å². The Labute approximate surface area is 174 Å². The number of ether oxygens (including phenoxy) is 1. The van der Waals surface area contributed by atoms with Crippen molar-refractivity contribution in [2.75, 3.05) is 4.90 Å². The molecule has 0 N–H and O–H groups in total. The number of hydrogen-bond acceptors (Lipinski definition) is 4. The lowest BCUT2D eigenvalue weighted by molar-refractivity contribution is -0.132. The van der Waals surface area contributed by atoms with E-state index in [2.05, 4.69) is 11.9 Å². The van der Waals surface area contributed by atoms with Gasteiger partial charge in [-0.1, -0.05) is 36.7 Å². The summed E-state index contributed by atoms with van der Waals surface area (Å²) < 4.78 is 6.19. The van der Waals surface area contributed by atoms with Crippen LogP contribution in [0.1, 0.15) is 37.8 Å². The number of aromatic nitrogens is 1. The van der Waals surface area contributed by atoms with Gasteiger partial charge < -0.3 is 4.74 Å². The van der Waals surface area contributed by atoms with E-state index in [0.717, 1.165) is 24.8 Å². The van der Waals surface area contributed by atoms with Gasteiger partial charge in [0.25, 0.3) is 5.91 Å². The first-order valence-corrected chi connectivity index (χ1v) is 10.4. The smallest absolute Gasteiger partial charge is 0.295 e. The van der Waals surface area contributed by atoms with Crippen LogP contribution in [0.4, 0.5) is 5.82 Å². The summed E-state index contributed by atoms with van der Waals surface area (Å²) in [5, 5.41) is 0.601. The maximum absolute atomic E-state index is 13.6. The van der Waals surface area contributed by atoms with Crippen LogP contribution in [0.3, 0.4) is 0 Å². The molecule has 1 aromatic heterocycles. The van der Waals surface area contributed by atoms with Crippen molar-refractivity contribution in [2.45, 2.75) is 38.3 Å². The van der Waals surface area contributed by atoms with Crippen LogP contribution in [0, 0.1) is 11.8 Å². The molecule has 1 fully saturated rings. The van der Waals surface area contributed by atoms with Crippen molar-refractivity contribution in [3.8, 4) is 0 Å². The van der Waals surface area contributed by atoms with Gasteiger partial charge in [0.1, 0.15) is 11.9 Å². The molecule has 5 nitrogen and oxygen atoms in total. The van der Waals surface area contributed by atoms with E-state index >= 15 is 0 Å². The van der Waals surface area contributed by atoms with Crippen LogP contribution in [0.15, 0.2) is 60.0 Å². The summed E-state index contributed by atoms with van der Waals surface area (Å²) in [6, 6.07) is 12.1. The van der Waals surface area contributed by atoms with Crippen LogP contribution in [-0.4, -0.2) is 22.8 Å². The third-order valence-electron chi connectivity index (χ3n) is 6.19. The molecular weight excluding hydrogens is 388 g/mol. The first-order chi connectivity index (χ1) is 14.0. The normalized spacial score (nSPS) is 28.8. The SMILES string of the molecule is CC1CCC2OC3=C(C(=O)C2C1)C(c1ccc(Cl)cc1)N(c1ccccn1)C3=O. The number of Topliss-reactive ketones (excluding diaryl/α,β-unsaturated/α-hetero) is 1. The number of anilines is 1. The number of benzene rings is 1. The number of carbonyl (C=O) groups excluding carboxylic acids is 2. The van der Waals surface area contributed by atoms with Crippen LogP contribution < -0.4 is 4.90 Å². The minimum absolute atomic E-state index is 0.0366. The van der Waals surface area contributed by atoms with Crippen LogP contribution in [0.25, 0.3) is 0 Å². The van der Waals surface area contributed by atoms with Crippen molar-refractivity contribution in [1.82, 2.24) is 4.98 Å². The fourth-order valence-electron chi connectivity index (χ4n) is 4.77. The highest BCUT2D eigenvalue weighted by Crippen LogP contribution is 2.48. The van der Waals surface area contributed by atoms with Gasteiger partial charge in [0.15, 0.2) is 11.5 Å². The predicted molar refractivity (Wildman–Crippen MR) is 109 cm³/mol. The van der Waals surface area contributed by atoms with E-state index in [-0.39, 0.29) is 29.5 Å². The van der Waals surface area contributed by atoms with Crippen molar-refractivity contribution in [3.63, 3.8) is 0 Å². The lowest BCUT2D eigenvalue weighted by Crippen LogP contribution is -2.41. The fraction of sp³-hybridized carbons (Fsp3) is 0.348. The molecule has 3 aliphatic rings. The first-order valence-electron chi connectivity index (χ1n) is 9.99. The molecule has 6 heteroatoms. The van der Waals surface area contributed by atoms with E-state index in [1.165, 1.54) is 0 Å². The van der Waals surface area contributed by atoms with Gasteiger partial charge in [-0.15, -0.1) is 0 Å². The average Bonchev–Trinajstić information content (AvgIpc) is 3.03. The largest absolute Gasteiger partial charge is 0.483 e. The maximum atomic E-state index is 13.6. The zero-order chi connectivity index (χ0) is 20.1. The quantitative estimate of drug-likeness (QED) is 0.735. The second kappa shape index (κ2) is 6.99. The highest BCUT2D eigenvalue weighted by Gasteiger charge is 2.53. The van der Waals surface area contributed by atoms with E-state index in [9.17, 15) is 9.59 Å². The van der Waals surface area contributed by atoms with Gasteiger partial charge in [-0.05, 0) is 55.0 Å². The molecule has 0 saturated heterocycles. The van der Waals surface area contributed by atoms with E-state index in [0.29, 0.717) is 22.3 Å². The van der Waals surface area contributed by atoms with Gasteiger partial charge in [-0.2, -0.15) is 0 Å². The number of rotatable bonds is 2. The highest BCUT2D eigenvalue weighted by atomic mass is 35.5. The first kappa shape index (κ1) is 18.4. The predicted octanol–water partition coefficient (Wildman–Crippen LogP) is 4.48. The Morgan fingerprint density at radius 1 is 1.10 bits per heavy atom. The van der Waals surface area contributed by atoms with E-state index in [4.69, 9.17) is 16.3 Å². The Balaban J connectivity index is 1.64. The zero-order valence-corrected chi connectivity index (χ0v) is 16.8. The molecule has 148 valence electrons. The third kappa shape index (κ3) is 2.96. The summed E-state index contributed by atoms with van der Waals surface area (Å²) in [5.41, 5.74) is 1.27. The van der Waals surface area contributed by atoms with Crippen LogP contribution in [0.2, 0.25) is 5.02 Å². The highest BCUT2D eigenvalue weighted by molar-refractivity contribution is 6.30. The molecule has 0 radical (unpaired) electrons. The monoisotopic (exact) mass is 408 g/mol. The van der Waals surface area contributed by atoms with E-state index in [1.807, 2.05) is 18.2 Å². The molecule has 5 rings (SSSR count). The summed E-state index contributed by atoms with van der Waals surface area (Å²) in [7, 11) is 0. The number of amides is 1. The van der Waals surface area contributed by atoms with Crippen molar-refractivity contribution in [3.05, 3.63) is 70.6 Å². The fourth-order valence-corrected chi connectivity index (χ4v) is 4.90. The molecule has 4 unspecified atom stereocenters. The topological polar surface area (TPSA) is 59.5 Å². The van der Waals surface area contributed by atoms with Gasteiger partial charge in [0.05, 0.1) is 17.5 Å². The second-order valence-corrected chi connectivity index (χ2v) is 8.54. The Hall–Kier alpha value is -2.66. The number of pyridine rings is 1. The molecule has 0 spiro atoms. The van der Waals surface area contributed by atoms with Gasteiger partial charge in [-0.3, -0.25) is 14.5 Å². The molecule has 3 heterocycles. The Morgan fingerprint density at radius 2 is 1.90 bits per heavy atom. The number of nitrogens with zero attached hydrogens (tertiary/aromatic N) is 2. The van der Waals surface area contributed by atoms with Gasteiger partial charge in [0.2, 0.25) is 0 Å². The zero-order valence-electron chi connectivity index (χ0n) is 16.0. The molecule has 2 aliphatic heterocycles. The van der Waals surface area contributed by atoms with Crippen molar-refractivity contribution in [1.29, 1.82) is 0 Å². The van der Waals surface area contributed by atoms with Crippen LogP contribution in [0.5, 0.6) is 0 Å². The standard InChI is InChI=1S/C23H21ClN2O3/c1-13-5-10-17-16(12-13)21(27)19-20(14-6-8-15(24)9-7-14)26(23(28)22(19)29-17)18-4-2-3-11-25-18/h2-4,6-9,11,13,16-17,20H,5,10,12H2,1H3. The van der Waals surface area contributed by atoms with Gasteiger partial charge >= 0.3 is 0 Å². The molecule has 1 amide bonds. The molecule has 1 aliphatic carbocycles. The summed E-state index contributed by atoms with van der Waals surface area (Å²) in [5.74, 6) is 0.710. The minimum Gasteiger partial charge on any atom is -0.483 e. The molecular formula is C23H21ClN2O3. The summed E-state index contributed by atoms with van der Waals surface area (Å²) in [6.45, 7) is 2.17. The minimum atomic E-state index is -0.560. The second-order valence-electron chi connectivity index (χ2n) is 8.11. The maximum Gasteiger partial charge on any atom is 0.295 e. The Kier molecular flexibility index (Phi) is 4.43. The lowest BCUT2D eigenvalue weighted by atomic mass is 9.74. The Bertz CT molecular complexity index is 1000. The number of carbonyl (C=O) groups is 2. The molecule has 29 heavy (non-hydrogen) atoms. The molecule has 2 aromatic rings. The number of fused-ring (bicyclic) bond motifs is 1. The van der Waals surface area contributed by atoms with Crippen molar-refractivity contribution < 1.29 is 14.3 Å².